The zero-order valence-corrected chi connectivity index (χ0v) is 10.7. The lowest BCUT2D eigenvalue weighted by Crippen LogP contribution is -1.99. The van der Waals surface area contributed by atoms with E-state index in [9.17, 15) is 20.0 Å². The molecule has 0 unspecified atom stereocenters. The molecule has 0 amide bonds. The van der Waals surface area contributed by atoms with Crippen molar-refractivity contribution in [2.75, 3.05) is 0 Å². The van der Waals surface area contributed by atoms with E-state index in [2.05, 4.69) is 4.98 Å². The zero-order valence-electron chi connectivity index (χ0n) is 10.7. The van der Waals surface area contributed by atoms with Crippen LogP contribution in [0.4, 0.5) is 5.69 Å². The van der Waals surface area contributed by atoms with E-state index in [1.54, 1.807) is 6.07 Å². The molecule has 1 heterocycles. The standard InChI is InChI=1S/C15H10N2O4/c18-15(19)10-6-7-13(17(20)21)11-8-12(16-14(10)11)9-4-2-1-3-5-9/h1-8,16H,(H,18,19). The maximum atomic E-state index is 11.3. The molecular formula is C15H10N2O4. The number of H-pyrrole nitrogens is 1. The fourth-order valence-corrected chi connectivity index (χ4v) is 2.32. The summed E-state index contributed by atoms with van der Waals surface area (Å²) >= 11 is 0. The van der Waals surface area contributed by atoms with Crippen molar-refractivity contribution in [2.24, 2.45) is 0 Å². The fraction of sp³-hybridized carbons (Fsp3) is 0. The normalized spacial score (nSPS) is 10.7. The second kappa shape index (κ2) is 4.75. The van der Waals surface area contributed by atoms with E-state index in [1.807, 2.05) is 30.3 Å². The number of non-ortho nitro benzene ring substituents is 1. The van der Waals surface area contributed by atoms with Crippen LogP contribution in [-0.2, 0) is 0 Å². The quantitative estimate of drug-likeness (QED) is 0.568. The van der Waals surface area contributed by atoms with Gasteiger partial charge in [0, 0.05) is 11.8 Å². The largest absolute Gasteiger partial charge is 0.478 e. The van der Waals surface area contributed by atoms with E-state index < -0.39 is 10.9 Å². The number of nitro benzene ring substituents is 1. The second-order valence-corrected chi connectivity index (χ2v) is 4.53. The van der Waals surface area contributed by atoms with Gasteiger partial charge in [-0.2, -0.15) is 0 Å². The summed E-state index contributed by atoms with van der Waals surface area (Å²) in [6.07, 6.45) is 0. The first kappa shape index (κ1) is 12.9. The third kappa shape index (κ3) is 2.12. The van der Waals surface area contributed by atoms with Crippen LogP contribution >= 0.6 is 0 Å². The highest BCUT2D eigenvalue weighted by Gasteiger charge is 2.20. The van der Waals surface area contributed by atoms with E-state index in [1.165, 1.54) is 12.1 Å². The average Bonchev–Trinajstić information content (AvgIpc) is 2.91. The van der Waals surface area contributed by atoms with Crippen molar-refractivity contribution < 1.29 is 14.8 Å². The van der Waals surface area contributed by atoms with Gasteiger partial charge >= 0.3 is 5.97 Å². The lowest BCUT2D eigenvalue weighted by Gasteiger charge is -1.98. The number of nitrogens with zero attached hydrogens (tertiary/aromatic N) is 1. The van der Waals surface area contributed by atoms with Crippen molar-refractivity contribution in [2.45, 2.75) is 0 Å². The smallest absolute Gasteiger partial charge is 0.337 e. The molecule has 2 aromatic carbocycles. The molecule has 104 valence electrons. The molecular weight excluding hydrogens is 272 g/mol. The van der Waals surface area contributed by atoms with Crippen LogP contribution in [0.1, 0.15) is 10.4 Å². The van der Waals surface area contributed by atoms with E-state index in [0.717, 1.165) is 5.56 Å². The van der Waals surface area contributed by atoms with Crippen LogP contribution in [0.5, 0.6) is 0 Å². The predicted molar refractivity (Wildman–Crippen MR) is 77.3 cm³/mol. The van der Waals surface area contributed by atoms with Gasteiger partial charge in [0.2, 0.25) is 0 Å². The maximum absolute atomic E-state index is 11.3. The van der Waals surface area contributed by atoms with Crippen LogP contribution in [0, 0.1) is 10.1 Å². The molecule has 0 spiro atoms. The van der Waals surface area contributed by atoms with Crippen LogP contribution in [0.3, 0.4) is 0 Å². The van der Waals surface area contributed by atoms with Crippen molar-refractivity contribution >= 4 is 22.6 Å². The highest BCUT2D eigenvalue weighted by Crippen LogP contribution is 2.32. The number of fused-ring (bicyclic) bond motifs is 1. The molecule has 21 heavy (non-hydrogen) atoms. The van der Waals surface area contributed by atoms with Gasteiger partial charge in [-0.3, -0.25) is 10.1 Å². The van der Waals surface area contributed by atoms with Gasteiger partial charge in [-0.05, 0) is 17.7 Å². The Bertz CT molecular complexity index is 802. The van der Waals surface area contributed by atoms with Crippen molar-refractivity contribution in [3.05, 3.63) is 64.2 Å². The van der Waals surface area contributed by atoms with Crippen LogP contribution in [-0.4, -0.2) is 21.0 Å². The number of carboxylic acid groups (broad SMARTS) is 1. The van der Waals surface area contributed by atoms with Gasteiger partial charge in [-0.1, -0.05) is 30.3 Å². The fourth-order valence-electron chi connectivity index (χ4n) is 2.32. The molecule has 3 rings (SSSR count). The molecule has 0 bridgehead atoms. The van der Waals surface area contributed by atoms with Crippen LogP contribution in [0.2, 0.25) is 0 Å². The Kier molecular flexibility index (Phi) is 2.91. The van der Waals surface area contributed by atoms with E-state index >= 15 is 0 Å². The lowest BCUT2D eigenvalue weighted by atomic mass is 10.1. The molecule has 0 fully saturated rings. The Morgan fingerprint density at radius 1 is 1.14 bits per heavy atom. The van der Waals surface area contributed by atoms with Crippen LogP contribution < -0.4 is 0 Å². The Balaban J connectivity index is 2.32. The Morgan fingerprint density at radius 2 is 1.86 bits per heavy atom. The van der Waals surface area contributed by atoms with Gasteiger partial charge in [0.1, 0.15) is 0 Å². The SMILES string of the molecule is O=C(O)c1ccc([N+](=O)[O-])c2cc(-c3ccccc3)[nH]c12. The zero-order chi connectivity index (χ0) is 15.0. The number of aromatic amines is 1. The van der Waals surface area contributed by atoms with Gasteiger partial charge in [0.05, 0.1) is 21.4 Å². The lowest BCUT2D eigenvalue weighted by molar-refractivity contribution is -0.383. The molecule has 6 heteroatoms. The molecule has 0 saturated heterocycles. The maximum Gasteiger partial charge on any atom is 0.337 e. The van der Waals surface area contributed by atoms with Gasteiger partial charge in [0.15, 0.2) is 0 Å². The highest BCUT2D eigenvalue weighted by molar-refractivity contribution is 6.06. The number of aromatic nitrogens is 1. The molecule has 0 radical (unpaired) electrons. The molecule has 0 aliphatic carbocycles. The second-order valence-electron chi connectivity index (χ2n) is 4.53. The number of hydrogen-bond donors (Lipinski definition) is 2. The number of nitro groups is 1. The molecule has 0 aliphatic heterocycles. The van der Waals surface area contributed by atoms with Gasteiger partial charge in [-0.25, -0.2) is 4.79 Å². The average molecular weight is 282 g/mol. The summed E-state index contributed by atoms with van der Waals surface area (Å²) in [6, 6.07) is 13.3. The first-order valence-corrected chi connectivity index (χ1v) is 6.17. The van der Waals surface area contributed by atoms with Crippen molar-refractivity contribution in [1.82, 2.24) is 4.98 Å². The monoisotopic (exact) mass is 282 g/mol. The van der Waals surface area contributed by atoms with E-state index in [0.29, 0.717) is 11.1 Å². The van der Waals surface area contributed by atoms with Crippen LogP contribution in [0.25, 0.3) is 22.2 Å². The molecule has 3 aromatic rings. The predicted octanol–water partition coefficient (Wildman–Crippen LogP) is 3.44. The minimum atomic E-state index is -1.13. The summed E-state index contributed by atoms with van der Waals surface area (Å²) in [6.45, 7) is 0. The highest BCUT2D eigenvalue weighted by atomic mass is 16.6. The van der Waals surface area contributed by atoms with Gasteiger partial charge in [-0.15, -0.1) is 0 Å². The molecule has 0 atom stereocenters. The minimum absolute atomic E-state index is 0.0118. The van der Waals surface area contributed by atoms with Crippen molar-refractivity contribution in [1.29, 1.82) is 0 Å². The van der Waals surface area contributed by atoms with Gasteiger partial charge in [0.25, 0.3) is 5.69 Å². The van der Waals surface area contributed by atoms with Crippen molar-refractivity contribution in [3.8, 4) is 11.3 Å². The number of aromatic carboxylic acids is 1. The topological polar surface area (TPSA) is 96.2 Å². The Morgan fingerprint density at radius 3 is 2.48 bits per heavy atom. The first-order valence-electron chi connectivity index (χ1n) is 6.17. The summed E-state index contributed by atoms with van der Waals surface area (Å²) < 4.78 is 0. The minimum Gasteiger partial charge on any atom is -0.478 e. The molecule has 1 aromatic heterocycles. The Hall–Kier alpha value is -3.15. The third-order valence-electron chi connectivity index (χ3n) is 3.28. The Labute approximate surface area is 118 Å². The number of hydrogen-bond acceptors (Lipinski definition) is 3. The van der Waals surface area contributed by atoms with E-state index in [-0.39, 0.29) is 16.8 Å². The third-order valence-corrected chi connectivity index (χ3v) is 3.28. The summed E-state index contributed by atoms with van der Waals surface area (Å²) in [7, 11) is 0. The summed E-state index contributed by atoms with van der Waals surface area (Å²) in [5.41, 5.74) is 1.63. The number of benzene rings is 2. The number of rotatable bonds is 3. The summed E-state index contributed by atoms with van der Waals surface area (Å²) in [5.74, 6) is -1.13. The van der Waals surface area contributed by atoms with E-state index in [4.69, 9.17) is 0 Å². The molecule has 0 aliphatic rings. The van der Waals surface area contributed by atoms with Crippen LogP contribution in [0.15, 0.2) is 48.5 Å². The first-order chi connectivity index (χ1) is 10.1. The number of nitrogens with one attached hydrogen (secondary N) is 1. The van der Waals surface area contributed by atoms with Crippen molar-refractivity contribution in [3.63, 3.8) is 0 Å². The number of carboxylic acids is 1. The molecule has 6 nitrogen and oxygen atoms in total. The molecule has 0 saturated carbocycles. The van der Waals surface area contributed by atoms with Gasteiger partial charge < -0.3 is 10.1 Å². The summed E-state index contributed by atoms with van der Waals surface area (Å²) in [5, 5.41) is 20.6. The number of carbonyl (C=O) groups is 1. The summed E-state index contributed by atoms with van der Waals surface area (Å²) in [4.78, 5) is 24.8. The molecule has 2 N–H and O–H groups in total.